The molecule has 0 bridgehead atoms. The first-order chi connectivity index (χ1) is 12.6. The third kappa shape index (κ3) is 13.0. The number of amides is 1. The fourth-order valence-electron chi connectivity index (χ4n) is 3.16. The maximum Gasteiger partial charge on any atom is 0.307 e. The zero-order valence-electron chi connectivity index (χ0n) is 17.3. The molecule has 0 saturated carbocycles. The summed E-state index contributed by atoms with van der Waals surface area (Å²) >= 11 is 0. The number of carbonyl (C=O) groups is 2. The van der Waals surface area contributed by atoms with E-state index in [0.29, 0.717) is 19.5 Å². The molecule has 0 saturated heterocycles. The first kappa shape index (κ1) is 24.7. The molecule has 0 radical (unpaired) electrons. The third-order valence-electron chi connectivity index (χ3n) is 4.95. The van der Waals surface area contributed by atoms with E-state index >= 15 is 0 Å². The van der Waals surface area contributed by atoms with Gasteiger partial charge in [-0.25, -0.2) is 0 Å². The SMILES string of the molecule is CCCCCCC/C=C/CCCCCC(CC(=O)N(CC)CC)C(=O)O. The van der Waals surface area contributed by atoms with E-state index < -0.39 is 11.9 Å². The van der Waals surface area contributed by atoms with Crippen molar-refractivity contribution >= 4 is 11.9 Å². The minimum Gasteiger partial charge on any atom is -0.481 e. The Morgan fingerprint density at radius 3 is 1.88 bits per heavy atom. The minimum absolute atomic E-state index is 0.0377. The predicted molar refractivity (Wildman–Crippen MR) is 109 cm³/mol. The summed E-state index contributed by atoms with van der Waals surface area (Å²) in [5.74, 6) is -1.42. The molecule has 0 aliphatic heterocycles. The number of aliphatic carboxylic acids is 1. The number of allylic oxidation sites excluding steroid dienone is 2. The summed E-state index contributed by atoms with van der Waals surface area (Å²) in [6.07, 6.45) is 17.2. The van der Waals surface area contributed by atoms with Gasteiger partial charge in [0.2, 0.25) is 5.91 Å². The van der Waals surface area contributed by atoms with E-state index in [9.17, 15) is 14.7 Å². The molecule has 0 aliphatic rings. The quantitative estimate of drug-likeness (QED) is 0.260. The van der Waals surface area contributed by atoms with Crippen LogP contribution in [0.3, 0.4) is 0 Å². The topological polar surface area (TPSA) is 57.6 Å². The van der Waals surface area contributed by atoms with E-state index in [1.54, 1.807) is 4.90 Å². The van der Waals surface area contributed by atoms with Gasteiger partial charge in [-0.3, -0.25) is 9.59 Å². The lowest BCUT2D eigenvalue weighted by molar-refractivity contribution is -0.146. The summed E-state index contributed by atoms with van der Waals surface area (Å²) in [6, 6.07) is 0. The van der Waals surface area contributed by atoms with Gasteiger partial charge in [-0.2, -0.15) is 0 Å². The minimum atomic E-state index is -0.839. The van der Waals surface area contributed by atoms with Crippen LogP contribution in [0.5, 0.6) is 0 Å². The Balaban J connectivity index is 3.81. The molecule has 1 unspecified atom stereocenters. The van der Waals surface area contributed by atoms with Crippen LogP contribution in [-0.2, 0) is 9.59 Å². The first-order valence-corrected chi connectivity index (χ1v) is 10.7. The Hall–Kier alpha value is -1.32. The fraction of sp³-hybridized carbons (Fsp3) is 0.818. The monoisotopic (exact) mass is 367 g/mol. The second-order valence-corrected chi connectivity index (χ2v) is 7.12. The number of nitrogens with zero attached hydrogens (tertiary/aromatic N) is 1. The van der Waals surface area contributed by atoms with Crippen LogP contribution in [0.2, 0.25) is 0 Å². The normalized spacial score (nSPS) is 12.4. The molecule has 0 aromatic heterocycles. The van der Waals surface area contributed by atoms with Crippen molar-refractivity contribution in [2.45, 2.75) is 97.8 Å². The van der Waals surface area contributed by atoms with Gasteiger partial charge in [-0.1, -0.05) is 57.6 Å². The van der Waals surface area contributed by atoms with Gasteiger partial charge >= 0.3 is 5.97 Å². The van der Waals surface area contributed by atoms with Crippen LogP contribution >= 0.6 is 0 Å². The number of carboxylic acids is 1. The standard InChI is InChI=1S/C22H41NO3/c1-4-7-8-9-10-11-12-13-14-15-16-17-18-20(22(25)26)19-21(24)23(5-2)6-3/h12-13,20H,4-11,14-19H2,1-3H3,(H,25,26)/b13-12+. The van der Waals surface area contributed by atoms with Crippen LogP contribution in [0.15, 0.2) is 12.2 Å². The lowest BCUT2D eigenvalue weighted by Crippen LogP contribution is -2.33. The van der Waals surface area contributed by atoms with Gasteiger partial charge in [-0.15, -0.1) is 0 Å². The molecule has 26 heavy (non-hydrogen) atoms. The molecule has 1 atom stereocenters. The zero-order chi connectivity index (χ0) is 19.6. The van der Waals surface area contributed by atoms with Crippen molar-refractivity contribution in [2.75, 3.05) is 13.1 Å². The van der Waals surface area contributed by atoms with Gasteiger partial charge in [-0.05, 0) is 46.0 Å². The van der Waals surface area contributed by atoms with Crippen molar-refractivity contribution in [1.29, 1.82) is 0 Å². The van der Waals surface area contributed by atoms with Crippen molar-refractivity contribution in [3.8, 4) is 0 Å². The summed E-state index contributed by atoms with van der Waals surface area (Å²) in [6.45, 7) is 7.38. The predicted octanol–water partition coefficient (Wildman–Crippen LogP) is 5.81. The maximum absolute atomic E-state index is 12.1. The molecule has 0 heterocycles. The van der Waals surface area contributed by atoms with E-state index in [2.05, 4.69) is 19.1 Å². The van der Waals surface area contributed by atoms with E-state index in [1.165, 1.54) is 38.5 Å². The number of unbranched alkanes of at least 4 members (excludes halogenated alkanes) is 8. The molecule has 0 aliphatic carbocycles. The Kier molecular flexibility index (Phi) is 16.2. The van der Waals surface area contributed by atoms with Gasteiger partial charge in [0.25, 0.3) is 0 Å². The Labute approximate surface area is 161 Å². The molecule has 0 rings (SSSR count). The highest BCUT2D eigenvalue weighted by Crippen LogP contribution is 2.17. The molecule has 0 aromatic carbocycles. The van der Waals surface area contributed by atoms with E-state index in [4.69, 9.17) is 0 Å². The lowest BCUT2D eigenvalue weighted by Gasteiger charge is -2.21. The number of hydrogen-bond acceptors (Lipinski definition) is 2. The molecule has 0 fully saturated rings. The number of carbonyl (C=O) groups excluding carboxylic acids is 1. The van der Waals surface area contributed by atoms with Crippen molar-refractivity contribution in [3.05, 3.63) is 12.2 Å². The summed E-state index contributed by atoms with van der Waals surface area (Å²) in [5, 5.41) is 9.34. The molecule has 4 heteroatoms. The van der Waals surface area contributed by atoms with Gasteiger partial charge in [0.05, 0.1) is 5.92 Å². The molecular weight excluding hydrogens is 326 g/mol. The van der Waals surface area contributed by atoms with Crippen molar-refractivity contribution < 1.29 is 14.7 Å². The van der Waals surface area contributed by atoms with Crippen molar-refractivity contribution in [1.82, 2.24) is 4.90 Å². The molecule has 152 valence electrons. The number of hydrogen-bond donors (Lipinski definition) is 1. The fourth-order valence-corrected chi connectivity index (χ4v) is 3.16. The van der Waals surface area contributed by atoms with Crippen LogP contribution in [0.1, 0.15) is 97.8 Å². The van der Waals surface area contributed by atoms with Crippen molar-refractivity contribution in [2.24, 2.45) is 5.92 Å². The first-order valence-electron chi connectivity index (χ1n) is 10.7. The molecule has 0 aromatic rings. The zero-order valence-corrected chi connectivity index (χ0v) is 17.3. The smallest absolute Gasteiger partial charge is 0.307 e. The summed E-state index contributed by atoms with van der Waals surface area (Å²) in [7, 11) is 0. The average molecular weight is 368 g/mol. The van der Waals surface area contributed by atoms with Crippen LogP contribution in [-0.4, -0.2) is 35.0 Å². The second kappa shape index (κ2) is 17.1. The van der Waals surface area contributed by atoms with Gasteiger partial charge in [0.1, 0.15) is 0 Å². The maximum atomic E-state index is 12.1. The molecular formula is C22H41NO3. The van der Waals surface area contributed by atoms with Gasteiger partial charge < -0.3 is 10.0 Å². The summed E-state index contributed by atoms with van der Waals surface area (Å²) < 4.78 is 0. The van der Waals surface area contributed by atoms with Crippen molar-refractivity contribution in [3.63, 3.8) is 0 Å². The molecule has 4 nitrogen and oxygen atoms in total. The van der Waals surface area contributed by atoms with Gasteiger partial charge in [0, 0.05) is 19.5 Å². The Bertz CT molecular complexity index is 389. The number of carboxylic acid groups (broad SMARTS) is 1. The summed E-state index contributed by atoms with van der Waals surface area (Å²) in [4.78, 5) is 25.2. The molecule has 1 amide bonds. The van der Waals surface area contributed by atoms with E-state index in [0.717, 1.165) is 25.7 Å². The van der Waals surface area contributed by atoms with Crippen LogP contribution in [0.4, 0.5) is 0 Å². The highest BCUT2D eigenvalue weighted by molar-refractivity contribution is 5.82. The highest BCUT2D eigenvalue weighted by atomic mass is 16.4. The summed E-state index contributed by atoms with van der Waals surface area (Å²) in [5.41, 5.74) is 0. The molecule has 0 spiro atoms. The van der Waals surface area contributed by atoms with Crippen LogP contribution in [0.25, 0.3) is 0 Å². The van der Waals surface area contributed by atoms with Crippen LogP contribution < -0.4 is 0 Å². The van der Waals surface area contributed by atoms with Gasteiger partial charge in [0.15, 0.2) is 0 Å². The second-order valence-electron chi connectivity index (χ2n) is 7.12. The van der Waals surface area contributed by atoms with Crippen LogP contribution in [0, 0.1) is 5.92 Å². The lowest BCUT2D eigenvalue weighted by atomic mass is 9.96. The Morgan fingerprint density at radius 1 is 0.846 bits per heavy atom. The van der Waals surface area contributed by atoms with E-state index in [1.807, 2.05) is 13.8 Å². The Morgan fingerprint density at radius 2 is 1.38 bits per heavy atom. The highest BCUT2D eigenvalue weighted by Gasteiger charge is 2.22. The largest absolute Gasteiger partial charge is 0.481 e. The number of rotatable bonds is 17. The molecule has 1 N–H and O–H groups in total. The van der Waals surface area contributed by atoms with E-state index in [-0.39, 0.29) is 12.3 Å². The third-order valence-corrected chi connectivity index (χ3v) is 4.95. The average Bonchev–Trinajstić information content (AvgIpc) is 2.62.